The van der Waals surface area contributed by atoms with E-state index >= 15 is 0 Å². The molecular weight excluding hydrogens is 397 g/mol. The van der Waals surface area contributed by atoms with Crippen LogP contribution in [0.1, 0.15) is 38.9 Å². The Hall–Kier alpha value is -0.0836. The first kappa shape index (κ1) is 22.0. The van der Waals surface area contributed by atoms with Gasteiger partial charge in [-0.3, -0.25) is 4.98 Å². The molecule has 1 heterocycles. The van der Waals surface area contributed by atoms with Crippen molar-refractivity contribution in [1.82, 2.24) is 4.98 Å². The Morgan fingerprint density at radius 3 is 2.21 bits per heavy atom. The average molecular weight is 418 g/mol. The molecule has 0 aliphatic heterocycles. The molecule has 0 aliphatic carbocycles. The Balaban J connectivity index is 0.00000288. The average Bonchev–Trinajstić information content (AvgIpc) is 2.53. The van der Waals surface area contributed by atoms with Crippen LogP contribution in [0, 0.1) is 5.92 Å². The molecule has 0 radical (unpaired) electrons. The first-order chi connectivity index (χ1) is 11.0. The van der Waals surface area contributed by atoms with Gasteiger partial charge in [0.2, 0.25) is 0 Å². The molecule has 0 spiro atoms. The molecule has 1 aromatic carbocycles. The fourth-order valence-corrected chi connectivity index (χ4v) is 2.60. The monoisotopic (exact) mass is 417 g/mol. The van der Waals surface area contributed by atoms with Crippen LogP contribution in [-0.2, 0) is 9.53 Å². The number of carbonyl (C=O) groups is 1. The molecule has 1 aromatic heterocycles. The summed E-state index contributed by atoms with van der Waals surface area (Å²) in [5.74, 6) is -0.700. The number of nitrogens with zero attached hydrogens (tertiary/aromatic N) is 1. The van der Waals surface area contributed by atoms with Crippen LogP contribution < -0.4 is 51.4 Å². The molecule has 0 saturated carbocycles. The summed E-state index contributed by atoms with van der Waals surface area (Å²) in [5, 5.41) is 9.46. The largest absolute Gasteiger partial charge is 1.00 e. The smallest absolute Gasteiger partial charge is 1.00 e. The van der Waals surface area contributed by atoms with Crippen molar-refractivity contribution in [3.8, 4) is 0 Å². The Morgan fingerprint density at radius 1 is 1.17 bits per heavy atom. The van der Waals surface area contributed by atoms with Crippen molar-refractivity contribution in [3.63, 3.8) is 0 Å². The van der Waals surface area contributed by atoms with Gasteiger partial charge in [0.05, 0.1) is 0 Å². The summed E-state index contributed by atoms with van der Waals surface area (Å²) in [6.45, 7) is 3.97. The first-order valence-electron chi connectivity index (χ1n) is 7.51. The molecule has 1 N–H and O–H groups in total. The number of hydrogen-bond acceptors (Lipinski definition) is 3. The van der Waals surface area contributed by atoms with E-state index < -0.39 is 18.2 Å². The van der Waals surface area contributed by atoms with Gasteiger partial charge in [-0.25, -0.2) is 4.79 Å². The maximum atomic E-state index is 11.5. The van der Waals surface area contributed by atoms with E-state index in [0.717, 1.165) is 15.6 Å². The fraction of sp³-hybridized carbons (Fsp3) is 0.333. The summed E-state index contributed by atoms with van der Waals surface area (Å²) < 4.78 is 6.96. The molecule has 2 aromatic rings. The first-order valence-corrected chi connectivity index (χ1v) is 8.30. The van der Waals surface area contributed by atoms with Gasteiger partial charge in [-0.05, 0) is 47.7 Å². The van der Waals surface area contributed by atoms with Gasteiger partial charge in [0.25, 0.3) is 0 Å². The van der Waals surface area contributed by atoms with E-state index in [1.807, 2.05) is 50.2 Å². The normalized spacial score (nSPS) is 13.2. The number of halogens is 1. The van der Waals surface area contributed by atoms with Gasteiger partial charge in [-0.15, -0.1) is 0 Å². The van der Waals surface area contributed by atoms with Crippen molar-refractivity contribution in [2.24, 2.45) is 5.92 Å². The van der Waals surface area contributed by atoms with Crippen molar-refractivity contribution in [1.29, 1.82) is 0 Å². The van der Waals surface area contributed by atoms with E-state index in [9.17, 15) is 9.90 Å². The molecule has 2 atom stereocenters. The van der Waals surface area contributed by atoms with E-state index in [1.54, 1.807) is 12.4 Å². The number of ether oxygens (including phenoxy) is 1. The van der Waals surface area contributed by atoms with Crippen LogP contribution in [0.15, 0.2) is 53.3 Å². The van der Waals surface area contributed by atoms with E-state index in [-0.39, 0.29) is 58.7 Å². The number of benzene rings is 1. The van der Waals surface area contributed by atoms with Gasteiger partial charge in [0, 0.05) is 16.9 Å². The Kier molecular flexibility index (Phi) is 9.89. The second-order valence-electron chi connectivity index (χ2n) is 5.80. The maximum absolute atomic E-state index is 11.5. The number of rotatable bonds is 7. The number of aromatic nitrogens is 1. The molecule has 0 fully saturated rings. The Labute approximate surface area is 195 Å². The number of hydrogen-bond donors (Lipinski definition) is 1. The van der Waals surface area contributed by atoms with Crippen LogP contribution in [0.25, 0.3) is 0 Å². The van der Waals surface area contributed by atoms with E-state index in [2.05, 4.69) is 20.9 Å². The van der Waals surface area contributed by atoms with Gasteiger partial charge in [-0.1, -0.05) is 41.9 Å². The van der Waals surface area contributed by atoms with Crippen molar-refractivity contribution < 1.29 is 67.4 Å². The molecule has 0 amide bonds. The van der Waals surface area contributed by atoms with E-state index in [1.165, 1.54) is 0 Å². The second kappa shape index (κ2) is 10.8. The van der Waals surface area contributed by atoms with Crippen LogP contribution in [0.5, 0.6) is 0 Å². The van der Waals surface area contributed by atoms with Crippen LogP contribution >= 0.6 is 15.9 Å². The number of carboxylic acid groups (broad SMARTS) is 1. The van der Waals surface area contributed by atoms with Crippen LogP contribution in [0.3, 0.4) is 0 Å². The van der Waals surface area contributed by atoms with Crippen molar-refractivity contribution in [2.75, 3.05) is 0 Å². The summed E-state index contributed by atoms with van der Waals surface area (Å²) in [6.07, 6.45) is 2.54. The molecule has 124 valence electrons. The van der Waals surface area contributed by atoms with Gasteiger partial charge < -0.3 is 11.3 Å². The standard InChI is InChI=1S/C18H20BrNO3.K.H/c1-12(2)11-16(18(21)22)23-17(14-7-9-20-10-8-14)13-3-5-15(19)6-4-13;;/h3-10,12,16-17H,11H2,1-2H3,(H,21,22);;/q;+1;-1. The summed E-state index contributed by atoms with van der Waals surface area (Å²) in [7, 11) is 0. The number of aliphatic carboxylic acids is 1. The molecular formula is C18H21BrKNO3. The number of pyridine rings is 1. The molecule has 0 saturated heterocycles. The van der Waals surface area contributed by atoms with Gasteiger partial charge >= 0.3 is 57.4 Å². The summed E-state index contributed by atoms with van der Waals surface area (Å²) >= 11 is 3.41. The number of carboxylic acids is 1. The Bertz CT molecular complexity index is 641. The van der Waals surface area contributed by atoms with Crippen molar-refractivity contribution >= 4 is 21.9 Å². The van der Waals surface area contributed by atoms with Crippen LogP contribution in [0.2, 0.25) is 0 Å². The third-order valence-electron chi connectivity index (χ3n) is 3.44. The summed E-state index contributed by atoms with van der Waals surface area (Å²) in [4.78, 5) is 15.6. The third kappa shape index (κ3) is 6.67. The van der Waals surface area contributed by atoms with E-state index in [0.29, 0.717) is 6.42 Å². The molecule has 4 nitrogen and oxygen atoms in total. The molecule has 0 aliphatic rings. The molecule has 6 heteroatoms. The topological polar surface area (TPSA) is 59.4 Å². The summed E-state index contributed by atoms with van der Waals surface area (Å²) in [6, 6.07) is 11.4. The van der Waals surface area contributed by atoms with Gasteiger partial charge in [0.1, 0.15) is 6.10 Å². The van der Waals surface area contributed by atoms with Crippen molar-refractivity contribution in [2.45, 2.75) is 32.5 Å². The molecule has 2 unspecified atom stereocenters. The minimum atomic E-state index is -0.935. The molecule has 24 heavy (non-hydrogen) atoms. The minimum Gasteiger partial charge on any atom is -1.00 e. The van der Waals surface area contributed by atoms with Crippen LogP contribution in [0.4, 0.5) is 0 Å². The SMILES string of the molecule is CC(C)CC(OC(c1ccncc1)c1ccc(Br)cc1)C(=O)O.[H-].[K+]. The molecule has 0 bridgehead atoms. The predicted octanol–water partition coefficient (Wildman–Crippen LogP) is 1.57. The predicted molar refractivity (Wildman–Crippen MR) is 93.3 cm³/mol. The van der Waals surface area contributed by atoms with Gasteiger partial charge in [0.15, 0.2) is 6.10 Å². The van der Waals surface area contributed by atoms with Gasteiger partial charge in [-0.2, -0.15) is 0 Å². The Morgan fingerprint density at radius 2 is 1.71 bits per heavy atom. The zero-order valence-electron chi connectivity index (χ0n) is 15.1. The van der Waals surface area contributed by atoms with E-state index in [4.69, 9.17) is 4.74 Å². The maximum Gasteiger partial charge on any atom is 1.00 e. The zero-order chi connectivity index (χ0) is 16.8. The third-order valence-corrected chi connectivity index (χ3v) is 3.97. The molecule has 2 rings (SSSR count). The summed E-state index contributed by atoms with van der Waals surface area (Å²) in [5.41, 5.74) is 1.80. The van der Waals surface area contributed by atoms with Crippen molar-refractivity contribution in [3.05, 3.63) is 64.4 Å². The quantitative estimate of drug-likeness (QED) is 0.694. The second-order valence-corrected chi connectivity index (χ2v) is 6.72. The fourth-order valence-electron chi connectivity index (χ4n) is 2.33. The zero-order valence-corrected chi connectivity index (χ0v) is 18.9. The minimum absolute atomic E-state index is 0. The van der Waals surface area contributed by atoms with Crippen LogP contribution in [-0.4, -0.2) is 22.2 Å².